The van der Waals surface area contributed by atoms with E-state index in [1.807, 2.05) is 0 Å². The van der Waals surface area contributed by atoms with Crippen LogP contribution in [0.1, 0.15) is 0 Å². The van der Waals surface area contributed by atoms with Crippen molar-refractivity contribution in [1.82, 2.24) is 0 Å². The highest BCUT2D eigenvalue weighted by Gasteiger charge is 2.37. The van der Waals surface area contributed by atoms with Crippen LogP contribution in [0.25, 0.3) is 0 Å². The van der Waals surface area contributed by atoms with E-state index < -0.39 is 3.78 Å². The Hall–Kier alpha value is 2.17. The van der Waals surface area contributed by atoms with E-state index in [0.717, 1.165) is 18.8 Å². The predicted octanol–water partition coefficient (Wildman–Crippen LogP) is 5.62. The molecule has 0 fully saturated rings. The van der Waals surface area contributed by atoms with Gasteiger partial charge in [-0.3, -0.25) is 0 Å². The highest BCUT2D eigenvalue weighted by molar-refractivity contribution is 9.17. The molecule has 2 unspecified atom stereocenters. The van der Waals surface area contributed by atoms with E-state index in [1.165, 1.54) is 0 Å². The summed E-state index contributed by atoms with van der Waals surface area (Å²) in [7, 11) is 0. The first-order valence-corrected chi connectivity index (χ1v) is 7.95. The lowest BCUT2D eigenvalue weighted by molar-refractivity contribution is 0.906. The van der Waals surface area contributed by atoms with E-state index >= 15 is 0 Å². The van der Waals surface area contributed by atoms with Crippen LogP contribution in [0, 0.1) is 5.92 Å². The first-order chi connectivity index (χ1) is 5.91. The molecule has 6 heteroatoms. The van der Waals surface area contributed by atoms with Crippen molar-refractivity contribution in [2.45, 2.75) is 3.78 Å². The molecule has 13 heavy (non-hydrogen) atoms. The van der Waals surface area contributed by atoms with Crippen molar-refractivity contribution in [3.63, 3.8) is 0 Å². The number of halogens is 6. The Morgan fingerprint density at radius 3 is 2.38 bits per heavy atom. The van der Waals surface area contributed by atoms with Gasteiger partial charge in [0.25, 0.3) is 0 Å². The molecule has 0 aromatic heterocycles. The van der Waals surface area contributed by atoms with Gasteiger partial charge in [-0.05, 0) is 0 Å². The van der Waals surface area contributed by atoms with Crippen LogP contribution in [-0.2, 0) is 0 Å². The van der Waals surface area contributed by atoms with Crippen molar-refractivity contribution < 1.29 is 0 Å². The van der Waals surface area contributed by atoms with Gasteiger partial charge in [0.05, 0.1) is 0 Å². The van der Waals surface area contributed by atoms with Gasteiger partial charge in [-0.15, -0.1) is 0 Å². The van der Waals surface area contributed by atoms with E-state index in [2.05, 4.69) is 85.7 Å². The maximum absolute atomic E-state index is 6.24. The Morgan fingerprint density at radius 1 is 1.38 bits per heavy atom. The van der Waals surface area contributed by atoms with E-state index in [4.69, 9.17) is 11.6 Å². The van der Waals surface area contributed by atoms with Crippen LogP contribution >= 0.6 is 91.3 Å². The zero-order valence-corrected chi connectivity index (χ0v) is 14.8. The minimum Gasteiger partial charge on any atom is -0.0949 e. The third-order valence-corrected chi connectivity index (χ3v) is 8.46. The highest BCUT2D eigenvalue weighted by atomic mass is 79.9. The molecule has 1 aliphatic carbocycles. The average Bonchev–Trinajstić information content (AvgIpc) is 2.09. The molecule has 0 saturated carbocycles. The summed E-state index contributed by atoms with van der Waals surface area (Å²) in [5.41, 5.74) is 0. The number of hydrogen-bond acceptors (Lipinski definition) is 0. The molecule has 1 rings (SSSR count). The van der Waals surface area contributed by atoms with Crippen LogP contribution in [0.5, 0.6) is 0 Å². The van der Waals surface area contributed by atoms with E-state index in [1.54, 1.807) is 0 Å². The topological polar surface area (TPSA) is 0 Å². The van der Waals surface area contributed by atoms with Crippen molar-refractivity contribution >= 4 is 91.3 Å². The maximum Gasteiger partial charge on any atom is 0.162 e. The fraction of sp³-hybridized carbons (Fsp3) is 0.429. The zero-order valence-electron chi connectivity index (χ0n) is 6.13. The Balaban J connectivity index is 3.13. The first-order valence-electron chi connectivity index (χ1n) is 3.28. The molecule has 0 radical (unpaired) electrons. The summed E-state index contributed by atoms with van der Waals surface area (Å²) < 4.78 is 2.21. The first kappa shape index (κ1) is 13.2. The molecule has 1 aliphatic rings. The fourth-order valence-corrected chi connectivity index (χ4v) is 4.60. The lowest BCUT2D eigenvalue weighted by Crippen LogP contribution is -2.21. The van der Waals surface area contributed by atoms with Gasteiger partial charge in [0.2, 0.25) is 0 Å². The van der Waals surface area contributed by atoms with Gasteiger partial charge in [0.1, 0.15) is 0 Å². The van der Waals surface area contributed by atoms with Crippen molar-refractivity contribution in [3.05, 3.63) is 19.5 Å². The summed E-state index contributed by atoms with van der Waals surface area (Å²) >= 11 is 23.5. The predicted molar refractivity (Wildman–Crippen MR) is 76.7 cm³/mol. The van der Waals surface area contributed by atoms with Crippen molar-refractivity contribution in [1.29, 1.82) is 0 Å². The smallest absolute Gasteiger partial charge is 0.0949 e. The van der Waals surface area contributed by atoms with Crippen LogP contribution in [0.4, 0.5) is 0 Å². The van der Waals surface area contributed by atoms with Crippen molar-refractivity contribution in [2.24, 2.45) is 5.92 Å². The summed E-state index contributed by atoms with van der Waals surface area (Å²) in [5, 5.41) is 0.859. The number of alkyl halides is 3. The third kappa shape index (κ3) is 2.64. The quantitative estimate of drug-likeness (QED) is 0.392. The Morgan fingerprint density at radius 2 is 1.92 bits per heavy atom. The molecule has 0 aliphatic heterocycles. The molecule has 0 N–H and O–H groups in total. The Bertz CT molecular complexity index is 281. The fourth-order valence-electron chi connectivity index (χ4n) is 0.884. The standard InChI is InChI=1S/C7H4Br5Cl/c8-2-3-1-4(9)7(12,13)6(11)5(3)10/h1,3H,2H2. The summed E-state index contributed by atoms with van der Waals surface area (Å²) in [6.07, 6.45) is 2.06. The van der Waals surface area contributed by atoms with Gasteiger partial charge >= 0.3 is 0 Å². The van der Waals surface area contributed by atoms with Gasteiger partial charge in [-0.2, -0.15) is 0 Å². The van der Waals surface area contributed by atoms with Gasteiger partial charge in [-0.1, -0.05) is 97.3 Å². The second kappa shape index (κ2) is 5.00. The molecular formula is C7H4Br5Cl. The Labute approximate surface area is 124 Å². The molecule has 0 bridgehead atoms. The molecular weight excluding hydrogens is 519 g/mol. The van der Waals surface area contributed by atoms with Crippen LogP contribution < -0.4 is 0 Å². The van der Waals surface area contributed by atoms with Gasteiger partial charge in [0, 0.05) is 24.7 Å². The average molecular weight is 523 g/mol. The summed E-state index contributed by atoms with van der Waals surface area (Å²) in [6.45, 7) is 0. The SMILES string of the molecule is ClC1(Br)C(Br)=CC(CBr)C(Br)=C1Br. The van der Waals surface area contributed by atoms with E-state index in [0.29, 0.717) is 5.92 Å². The molecule has 0 heterocycles. The second-order valence-corrected chi connectivity index (χ2v) is 7.87. The Kier molecular flexibility index (Phi) is 5.09. The van der Waals surface area contributed by atoms with Gasteiger partial charge < -0.3 is 0 Å². The number of rotatable bonds is 1. The van der Waals surface area contributed by atoms with Crippen LogP contribution in [0.3, 0.4) is 0 Å². The second-order valence-electron chi connectivity index (χ2n) is 2.51. The minimum absolute atomic E-state index is 0.313. The largest absolute Gasteiger partial charge is 0.162 e. The summed E-state index contributed by atoms with van der Waals surface area (Å²) in [5.74, 6) is 0.313. The molecule has 0 nitrogen and oxygen atoms in total. The lowest BCUT2D eigenvalue weighted by atomic mass is 10.1. The molecule has 0 amide bonds. The van der Waals surface area contributed by atoms with Gasteiger partial charge in [0.15, 0.2) is 3.78 Å². The molecule has 0 aromatic carbocycles. The van der Waals surface area contributed by atoms with Crippen LogP contribution in [-0.4, -0.2) is 9.11 Å². The monoisotopic (exact) mass is 518 g/mol. The van der Waals surface area contributed by atoms with E-state index in [9.17, 15) is 0 Å². The summed E-state index contributed by atoms with van der Waals surface area (Å²) in [4.78, 5) is 0. The molecule has 74 valence electrons. The maximum atomic E-state index is 6.24. The number of hydrogen-bond donors (Lipinski definition) is 0. The number of allylic oxidation sites excluding steroid dienone is 4. The minimum atomic E-state index is -0.662. The normalized spacial score (nSPS) is 34.9. The van der Waals surface area contributed by atoms with Gasteiger partial charge in [-0.25, -0.2) is 0 Å². The molecule has 0 saturated heterocycles. The van der Waals surface area contributed by atoms with Crippen molar-refractivity contribution in [3.8, 4) is 0 Å². The zero-order chi connectivity index (χ0) is 10.2. The highest BCUT2D eigenvalue weighted by Crippen LogP contribution is 2.52. The molecule has 0 spiro atoms. The molecule has 2 atom stereocenters. The van der Waals surface area contributed by atoms with Crippen LogP contribution in [0.15, 0.2) is 19.5 Å². The summed E-state index contributed by atoms with van der Waals surface area (Å²) in [6, 6.07) is 0. The lowest BCUT2D eigenvalue weighted by Gasteiger charge is -2.28. The van der Waals surface area contributed by atoms with E-state index in [-0.39, 0.29) is 0 Å². The molecule has 0 aromatic rings. The van der Waals surface area contributed by atoms with Crippen LogP contribution in [0.2, 0.25) is 0 Å². The van der Waals surface area contributed by atoms with Crippen molar-refractivity contribution in [2.75, 3.05) is 5.33 Å². The third-order valence-electron chi connectivity index (χ3n) is 1.62.